The van der Waals surface area contributed by atoms with Crippen LogP contribution in [-0.4, -0.2) is 46.8 Å². The second-order valence-electron chi connectivity index (χ2n) is 6.81. The van der Waals surface area contributed by atoms with Gasteiger partial charge in [-0.15, -0.1) is 0 Å². The van der Waals surface area contributed by atoms with Crippen LogP contribution in [0.1, 0.15) is 6.92 Å². The molecule has 1 aromatic carbocycles. The van der Waals surface area contributed by atoms with E-state index in [4.69, 9.17) is 9.47 Å². The van der Waals surface area contributed by atoms with Crippen molar-refractivity contribution in [2.24, 2.45) is 11.8 Å². The zero-order valence-electron chi connectivity index (χ0n) is 14.0. The lowest BCUT2D eigenvalue weighted by Crippen LogP contribution is -2.43. The van der Waals surface area contributed by atoms with Gasteiger partial charge in [-0.3, -0.25) is 19.7 Å². The number of rotatable bonds is 4. The summed E-state index contributed by atoms with van der Waals surface area (Å²) >= 11 is 0. The first kappa shape index (κ1) is 16.7. The number of hydrogen-bond acceptors (Lipinski definition) is 7. The summed E-state index contributed by atoms with van der Waals surface area (Å²) in [5.41, 5.74) is -2.29. The molecule has 136 valence electrons. The van der Waals surface area contributed by atoms with Crippen LogP contribution in [0.25, 0.3) is 0 Å². The van der Waals surface area contributed by atoms with E-state index in [1.807, 2.05) is 0 Å². The van der Waals surface area contributed by atoms with Crippen molar-refractivity contribution in [3.8, 4) is 5.75 Å². The lowest BCUT2D eigenvalue weighted by atomic mass is 9.73. The van der Waals surface area contributed by atoms with E-state index in [1.165, 1.54) is 19.2 Å². The molecule has 2 amide bonds. The maximum Gasteiger partial charge on any atom is 0.273 e. The number of nitrogens with zero attached hydrogens (tertiary/aromatic N) is 2. The lowest BCUT2D eigenvalue weighted by molar-refractivity contribution is -0.384. The van der Waals surface area contributed by atoms with Gasteiger partial charge in [0, 0.05) is 6.07 Å². The molecule has 0 aliphatic carbocycles. The Kier molecular flexibility index (Phi) is 3.28. The second-order valence-corrected chi connectivity index (χ2v) is 6.81. The number of aliphatic hydroxyl groups is 1. The number of fused-ring (bicyclic) bond motifs is 5. The molecule has 4 atom stereocenters. The quantitative estimate of drug-likeness (QED) is 0.365. The third-order valence-electron chi connectivity index (χ3n) is 5.42. The Labute approximate surface area is 147 Å². The maximum atomic E-state index is 13.1. The van der Waals surface area contributed by atoms with Crippen LogP contribution in [0.4, 0.5) is 11.4 Å². The van der Waals surface area contributed by atoms with E-state index in [0.29, 0.717) is 0 Å². The minimum absolute atomic E-state index is 0.0466. The molecule has 0 aromatic heterocycles. The van der Waals surface area contributed by atoms with E-state index < -0.39 is 46.4 Å². The molecule has 4 rings (SSSR count). The van der Waals surface area contributed by atoms with E-state index >= 15 is 0 Å². The van der Waals surface area contributed by atoms with Crippen molar-refractivity contribution in [2.75, 3.05) is 18.6 Å². The van der Waals surface area contributed by atoms with E-state index in [0.717, 1.165) is 11.0 Å². The predicted octanol–water partition coefficient (Wildman–Crippen LogP) is 0.799. The first-order chi connectivity index (χ1) is 12.3. The molecule has 3 heterocycles. The standard InChI is InChI=1S/C17H16N2O7/c1-16-5-6-17(8-20,26-16)13-12(16)14(21)18(15(13)22)10-4-3-9(19(23)24)7-11(10)25-2/h3-7,12-13,20H,8H2,1-2H3/t12-,13-,16-,17+/m1/s1. The molecule has 1 N–H and O–H groups in total. The number of anilines is 1. The fourth-order valence-electron chi connectivity index (χ4n) is 4.24. The monoisotopic (exact) mass is 360 g/mol. The summed E-state index contributed by atoms with van der Waals surface area (Å²) in [6.45, 7) is 1.28. The van der Waals surface area contributed by atoms with Crippen molar-refractivity contribution in [3.63, 3.8) is 0 Å². The Morgan fingerprint density at radius 1 is 1.31 bits per heavy atom. The van der Waals surface area contributed by atoms with Gasteiger partial charge < -0.3 is 14.6 Å². The van der Waals surface area contributed by atoms with Crippen molar-refractivity contribution in [3.05, 3.63) is 40.5 Å². The number of amides is 2. The largest absolute Gasteiger partial charge is 0.494 e. The fourth-order valence-corrected chi connectivity index (χ4v) is 4.24. The number of hydrogen-bond donors (Lipinski definition) is 1. The third-order valence-corrected chi connectivity index (χ3v) is 5.42. The fraction of sp³-hybridized carbons (Fsp3) is 0.412. The van der Waals surface area contributed by atoms with Crippen molar-refractivity contribution < 1.29 is 29.1 Å². The molecule has 2 saturated heterocycles. The van der Waals surface area contributed by atoms with Gasteiger partial charge in [-0.1, -0.05) is 12.2 Å². The van der Waals surface area contributed by atoms with Gasteiger partial charge in [0.25, 0.3) is 5.69 Å². The minimum Gasteiger partial charge on any atom is -0.494 e. The number of aliphatic hydroxyl groups excluding tert-OH is 1. The molecule has 2 fully saturated rings. The SMILES string of the molecule is COc1cc([N+](=O)[O-])ccc1N1C(=O)[C@H]2[C@H](C1=O)[C@@]1(CO)C=C[C@@]2(C)O1. The number of imide groups is 1. The van der Waals surface area contributed by atoms with Gasteiger partial charge in [0.2, 0.25) is 11.8 Å². The maximum absolute atomic E-state index is 13.1. The molecule has 0 spiro atoms. The van der Waals surface area contributed by atoms with Gasteiger partial charge in [0.1, 0.15) is 11.4 Å². The Morgan fingerprint density at radius 2 is 2.00 bits per heavy atom. The normalized spacial score (nSPS) is 34.5. The Hall–Kier alpha value is -2.78. The molecule has 2 bridgehead atoms. The molecule has 0 unspecified atom stereocenters. The molecule has 0 saturated carbocycles. The van der Waals surface area contributed by atoms with Crippen LogP contribution in [0.15, 0.2) is 30.4 Å². The summed E-state index contributed by atoms with van der Waals surface area (Å²) in [6.07, 6.45) is 3.34. The van der Waals surface area contributed by atoms with E-state index in [1.54, 1.807) is 19.1 Å². The van der Waals surface area contributed by atoms with E-state index in [9.17, 15) is 24.8 Å². The average molecular weight is 360 g/mol. The summed E-state index contributed by atoms with van der Waals surface area (Å²) in [4.78, 5) is 37.5. The van der Waals surface area contributed by atoms with Gasteiger partial charge in [0.15, 0.2) is 0 Å². The lowest BCUT2D eigenvalue weighted by Gasteiger charge is -2.27. The number of nitro groups is 1. The first-order valence-corrected chi connectivity index (χ1v) is 7.99. The smallest absolute Gasteiger partial charge is 0.273 e. The summed E-state index contributed by atoms with van der Waals surface area (Å²) < 4.78 is 11.0. The van der Waals surface area contributed by atoms with E-state index in [2.05, 4.69) is 0 Å². The molecule has 3 aliphatic rings. The Balaban J connectivity index is 1.81. The highest BCUT2D eigenvalue weighted by Gasteiger charge is 2.72. The van der Waals surface area contributed by atoms with Gasteiger partial charge >= 0.3 is 0 Å². The number of methoxy groups -OCH3 is 1. The van der Waals surface area contributed by atoms with Crippen LogP contribution >= 0.6 is 0 Å². The Bertz CT molecular complexity index is 882. The number of non-ortho nitro benzene ring substituents is 1. The van der Waals surface area contributed by atoms with Gasteiger partial charge in [-0.05, 0) is 13.0 Å². The highest BCUT2D eigenvalue weighted by molar-refractivity contribution is 6.24. The van der Waals surface area contributed by atoms with Crippen molar-refractivity contribution >= 4 is 23.2 Å². The number of carbonyl (C=O) groups excluding carboxylic acids is 2. The summed E-state index contributed by atoms with van der Waals surface area (Å²) in [5.74, 6) is -2.57. The van der Waals surface area contributed by atoms with Crippen molar-refractivity contribution in [2.45, 2.75) is 18.1 Å². The summed E-state index contributed by atoms with van der Waals surface area (Å²) in [6, 6.07) is 3.69. The number of ether oxygens (including phenoxy) is 2. The van der Waals surface area contributed by atoms with Crippen molar-refractivity contribution in [1.82, 2.24) is 0 Å². The molecule has 1 aromatic rings. The molecule has 9 heteroatoms. The number of carbonyl (C=O) groups is 2. The predicted molar refractivity (Wildman–Crippen MR) is 87.6 cm³/mol. The topological polar surface area (TPSA) is 119 Å². The van der Waals surface area contributed by atoms with Gasteiger partial charge in [-0.2, -0.15) is 0 Å². The zero-order chi connectivity index (χ0) is 18.9. The molecular weight excluding hydrogens is 344 g/mol. The second kappa shape index (κ2) is 5.12. The minimum atomic E-state index is -1.23. The van der Waals surface area contributed by atoms with Crippen molar-refractivity contribution in [1.29, 1.82) is 0 Å². The van der Waals surface area contributed by atoms with E-state index in [-0.39, 0.29) is 17.1 Å². The molecule has 9 nitrogen and oxygen atoms in total. The zero-order valence-corrected chi connectivity index (χ0v) is 14.0. The third kappa shape index (κ3) is 1.86. The molecule has 26 heavy (non-hydrogen) atoms. The Morgan fingerprint density at radius 3 is 2.62 bits per heavy atom. The highest BCUT2D eigenvalue weighted by Crippen LogP contribution is 2.58. The van der Waals surface area contributed by atoms with Crippen LogP contribution < -0.4 is 9.64 Å². The summed E-state index contributed by atoms with van der Waals surface area (Å²) in [5, 5.41) is 20.8. The summed E-state index contributed by atoms with van der Waals surface area (Å²) in [7, 11) is 1.30. The van der Waals surface area contributed by atoms with Crippen LogP contribution in [0.2, 0.25) is 0 Å². The number of nitro benzene ring substituents is 1. The molecule has 0 radical (unpaired) electrons. The average Bonchev–Trinajstić information content (AvgIpc) is 3.20. The number of benzene rings is 1. The van der Waals surface area contributed by atoms with Crippen LogP contribution in [0, 0.1) is 22.0 Å². The molecular formula is C17H16N2O7. The van der Waals surface area contributed by atoms with Crippen LogP contribution in [-0.2, 0) is 14.3 Å². The molecule has 3 aliphatic heterocycles. The van der Waals surface area contributed by atoms with Crippen LogP contribution in [0.5, 0.6) is 5.75 Å². The van der Waals surface area contributed by atoms with Gasteiger partial charge in [-0.25, -0.2) is 4.90 Å². The first-order valence-electron chi connectivity index (χ1n) is 7.99. The van der Waals surface area contributed by atoms with Crippen LogP contribution in [0.3, 0.4) is 0 Å². The van der Waals surface area contributed by atoms with Gasteiger partial charge in [0.05, 0.1) is 47.8 Å². The highest BCUT2D eigenvalue weighted by atomic mass is 16.6.